The van der Waals surface area contributed by atoms with Crippen LogP contribution in [-0.2, 0) is 14.3 Å². The summed E-state index contributed by atoms with van der Waals surface area (Å²) in [4.78, 5) is 3.91. The van der Waals surface area contributed by atoms with Gasteiger partial charge >= 0.3 is 0 Å². The van der Waals surface area contributed by atoms with Crippen molar-refractivity contribution < 1.29 is 17.0 Å². The number of hydrogen-bond acceptors (Lipinski definition) is 5. The first kappa shape index (κ1) is 13.1. The van der Waals surface area contributed by atoms with E-state index in [1.165, 1.54) is 12.5 Å². The summed E-state index contributed by atoms with van der Waals surface area (Å²) in [5, 5.41) is 0.546. The van der Waals surface area contributed by atoms with E-state index >= 15 is 0 Å². The average Bonchev–Trinajstić information content (AvgIpc) is 2.79. The Labute approximate surface area is 109 Å². The number of halogens is 1. The lowest BCUT2D eigenvalue weighted by atomic mass is 10.1. The fourth-order valence-corrected chi connectivity index (χ4v) is 2.08. The molecule has 1 aromatic heterocycles. The Balaban J connectivity index is 2.39. The van der Waals surface area contributed by atoms with E-state index in [0.29, 0.717) is 10.6 Å². The van der Waals surface area contributed by atoms with Crippen molar-refractivity contribution in [2.24, 2.45) is 0 Å². The van der Waals surface area contributed by atoms with Crippen molar-refractivity contribution in [3.8, 4) is 0 Å². The third-order valence-corrected chi connectivity index (χ3v) is 2.91. The molecule has 1 unspecified atom stereocenters. The van der Waals surface area contributed by atoms with Crippen LogP contribution in [0.5, 0.6) is 0 Å². The summed E-state index contributed by atoms with van der Waals surface area (Å²) in [7, 11) is -3.64. The molecule has 2 rings (SSSR count). The SMILES string of the molecule is CS(=O)(=O)OC(c1ccc(Cl)cc1)c1ncco1. The van der Waals surface area contributed by atoms with E-state index in [9.17, 15) is 8.42 Å². The summed E-state index contributed by atoms with van der Waals surface area (Å²) in [5.41, 5.74) is 0.590. The summed E-state index contributed by atoms with van der Waals surface area (Å²) in [6, 6.07) is 6.59. The maximum absolute atomic E-state index is 11.3. The second-order valence-electron chi connectivity index (χ2n) is 3.60. The predicted molar refractivity (Wildman–Crippen MR) is 65.7 cm³/mol. The van der Waals surface area contributed by atoms with Crippen LogP contribution in [0.2, 0.25) is 5.02 Å². The third-order valence-electron chi connectivity index (χ3n) is 2.12. The van der Waals surface area contributed by atoms with Gasteiger partial charge in [-0.2, -0.15) is 8.42 Å². The van der Waals surface area contributed by atoms with Crippen molar-refractivity contribution in [2.45, 2.75) is 6.10 Å². The van der Waals surface area contributed by atoms with Gasteiger partial charge in [0, 0.05) is 5.02 Å². The molecule has 0 amide bonds. The quantitative estimate of drug-likeness (QED) is 0.808. The van der Waals surface area contributed by atoms with Gasteiger partial charge in [0.1, 0.15) is 6.26 Å². The van der Waals surface area contributed by atoms with Gasteiger partial charge in [-0.05, 0) is 17.7 Å². The zero-order valence-electron chi connectivity index (χ0n) is 9.41. The molecule has 0 aliphatic carbocycles. The Morgan fingerprint density at radius 3 is 2.50 bits per heavy atom. The Morgan fingerprint density at radius 2 is 2.00 bits per heavy atom. The van der Waals surface area contributed by atoms with Crippen molar-refractivity contribution in [1.29, 1.82) is 0 Å². The van der Waals surface area contributed by atoms with Crippen LogP contribution in [0.15, 0.2) is 41.1 Å². The van der Waals surface area contributed by atoms with E-state index in [2.05, 4.69) is 4.98 Å². The zero-order valence-corrected chi connectivity index (χ0v) is 11.0. The molecule has 5 nitrogen and oxygen atoms in total. The summed E-state index contributed by atoms with van der Waals surface area (Å²) in [5.74, 6) is 0.169. The smallest absolute Gasteiger partial charge is 0.265 e. The van der Waals surface area contributed by atoms with Gasteiger partial charge in [-0.15, -0.1) is 0 Å². The van der Waals surface area contributed by atoms with Crippen LogP contribution in [0.25, 0.3) is 0 Å². The molecule has 0 aliphatic rings. The number of rotatable bonds is 4. The van der Waals surface area contributed by atoms with Gasteiger partial charge in [-0.25, -0.2) is 4.98 Å². The van der Waals surface area contributed by atoms with E-state index in [4.69, 9.17) is 20.2 Å². The number of oxazole rings is 1. The zero-order chi connectivity index (χ0) is 13.2. The monoisotopic (exact) mass is 287 g/mol. The van der Waals surface area contributed by atoms with Gasteiger partial charge in [0.05, 0.1) is 12.5 Å². The van der Waals surface area contributed by atoms with E-state index in [1.807, 2.05) is 0 Å². The first-order valence-corrected chi connectivity index (χ1v) is 7.18. The fourth-order valence-electron chi connectivity index (χ4n) is 1.42. The van der Waals surface area contributed by atoms with Crippen LogP contribution in [0.3, 0.4) is 0 Å². The molecule has 0 saturated carbocycles. The number of hydrogen-bond donors (Lipinski definition) is 0. The summed E-state index contributed by atoms with van der Waals surface area (Å²) >= 11 is 5.78. The number of aromatic nitrogens is 1. The van der Waals surface area contributed by atoms with Gasteiger partial charge in [0.15, 0.2) is 6.10 Å². The Bertz CT molecular complexity index is 607. The molecule has 18 heavy (non-hydrogen) atoms. The second-order valence-corrected chi connectivity index (χ2v) is 5.64. The molecule has 0 spiro atoms. The van der Waals surface area contributed by atoms with Gasteiger partial charge in [0.25, 0.3) is 10.1 Å². The minimum atomic E-state index is -3.64. The highest BCUT2D eigenvalue weighted by atomic mass is 35.5. The maximum Gasteiger partial charge on any atom is 0.265 e. The standard InChI is InChI=1S/C11H10ClNO4S/c1-18(14,15)17-10(11-13-6-7-16-11)8-2-4-9(12)5-3-8/h2-7,10H,1H3. The molecule has 0 saturated heterocycles. The lowest BCUT2D eigenvalue weighted by Gasteiger charge is -2.13. The van der Waals surface area contributed by atoms with Gasteiger partial charge in [-0.1, -0.05) is 23.7 Å². The van der Waals surface area contributed by atoms with E-state index in [0.717, 1.165) is 6.26 Å². The van der Waals surface area contributed by atoms with Crippen molar-refractivity contribution >= 4 is 21.7 Å². The Morgan fingerprint density at radius 1 is 1.33 bits per heavy atom. The molecule has 0 fully saturated rings. The molecular weight excluding hydrogens is 278 g/mol. The molecule has 0 aliphatic heterocycles. The predicted octanol–water partition coefficient (Wildman–Crippen LogP) is 2.39. The second kappa shape index (κ2) is 5.09. The lowest BCUT2D eigenvalue weighted by molar-refractivity contribution is 0.216. The number of nitrogens with zero attached hydrogens (tertiary/aromatic N) is 1. The molecular formula is C11H10ClNO4S. The van der Waals surface area contributed by atoms with E-state index in [-0.39, 0.29) is 5.89 Å². The van der Waals surface area contributed by atoms with Gasteiger partial charge < -0.3 is 4.42 Å². The fraction of sp³-hybridized carbons (Fsp3) is 0.182. The summed E-state index contributed by atoms with van der Waals surface area (Å²) < 4.78 is 32.6. The lowest BCUT2D eigenvalue weighted by Crippen LogP contribution is -2.12. The Kier molecular flexibility index (Phi) is 3.70. The van der Waals surface area contributed by atoms with E-state index < -0.39 is 16.2 Å². The topological polar surface area (TPSA) is 69.4 Å². The highest BCUT2D eigenvalue weighted by molar-refractivity contribution is 7.86. The highest BCUT2D eigenvalue weighted by Crippen LogP contribution is 2.27. The molecule has 2 aromatic rings. The van der Waals surface area contributed by atoms with Crippen molar-refractivity contribution in [3.63, 3.8) is 0 Å². The van der Waals surface area contributed by atoms with E-state index in [1.54, 1.807) is 24.3 Å². The Hall–Kier alpha value is -1.37. The molecule has 1 atom stereocenters. The average molecular weight is 288 g/mol. The molecule has 0 N–H and O–H groups in total. The number of benzene rings is 1. The van der Waals surface area contributed by atoms with Crippen LogP contribution in [-0.4, -0.2) is 19.7 Å². The first-order valence-electron chi connectivity index (χ1n) is 4.99. The van der Waals surface area contributed by atoms with Crippen LogP contribution in [0, 0.1) is 0 Å². The normalized spacial score (nSPS) is 13.4. The third kappa shape index (κ3) is 3.32. The minimum Gasteiger partial charge on any atom is -0.446 e. The molecule has 0 radical (unpaired) electrons. The summed E-state index contributed by atoms with van der Waals surface area (Å²) in [6.07, 6.45) is 2.83. The van der Waals surface area contributed by atoms with Crippen LogP contribution in [0.4, 0.5) is 0 Å². The van der Waals surface area contributed by atoms with Gasteiger partial charge in [-0.3, -0.25) is 4.18 Å². The molecule has 96 valence electrons. The summed E-state index contributed by atoms with van der Waals surface area (Å²) in [6.45, 7) is 0. The molecule has 7 heteroatoms. The minimum absolute atomic E-state index is 0.169. The van der Waals surface area contributed by atoms with Gasteiger partial charge in [0.2, 0.25) is 5.89 Å². The van der Waals surface area contributed by atoms with Crippen LogP contribution in [0.1, 0.15) is 17.6 Å². The van der Waals surface area contributed by atoms with Crippen molar-refractivity contribution in [3.05, 3.63) is 53.2 Å². The van der Waals surface area contributed by atoms with Crippen LogP contribution < -0.4 is 0 Å². The molecule has 0 bridgehead atoms. The van der Waals surface area contributed by atoms with Crippen molar-refractivity contribution in [1.82, 2.24) is 4.98 Å². The largest absolute Gasteiger partial charge is 0.446 e. The molecule has 1 heterocycles. The van der Waals surface area contributed by atoms with Crippen LogP contribution >= 0.6 is 11.6 Å². The first-order chi connectivity index (χ1) is 8.46. The molecule has 1 aromatic carbocycles. The van der Waals surface area contributed by atoms with Crippen molar-refractivity contribution in [2.75, 3.05) is 6.26 Å². The highest BCUT2D eigenvalue weighted by Gasteiger charge is 2.23. The maximum atomic E-state index is 11.3.